The van der Waals surface area contributed by atoms with Gasteiger partial charge in [-0.25, -0.2) is 8.42 Å². The molecule has 1 saturated carbocycles. The zero-order valence-electron chi connectivity index (χ0n) is 6.36. The van der Waals surface area contributed by atoms with Crippen molar-refractivity contribution in [1.29, 1.82) is 0 Å². The van der Waals surface area contributed by atoms with Gasteiger partial charge in [0.1, 0.15) is 15.6 Å². The standard InChI is InChI=1S/C5H10O4S.Na/c6-5(10(7,8)9)4-2-1-3-4;/h4-6H,1-3H2,(H,7,8,9);/q;+1/p-1. The third-order valence-electron chi connectivity index (χ3n) is 1.85. The Morgan fingerprint density at radius 3 is 2.00 bits per heavy atom. The number of rotatable bonds is 2. The van der Waals surface area contributed by atoms with Gasteiger partial charge in [-0.05, 0) is 18.8 Å². The van der Waals surface area contributed by atoms with Gasteiger partial charge in [-0.3, -0.25) is 0 Å². The number of hydrogen-bond acceptors (Lipinski definition) is 4. The van der Waals surface area contributed by atoms with E-state index in [0.717, 1.165) is 6.42 Å². The van der Waals surface area contributed by atoms with Gasteiger partial charge in [0, 0.05) is 0 Å². The molecule has 0 saturated heterocycles. The van der Waals surface area contributed by atoms with E-state index in [1.807, 2.05) is 0 Å². The second-order valence-corrected chi connectivity index (χ2v) is 4.04. The van der Waals surface area contributed by atoms with Crippen LogP contribution in [0.15, 0.2) is 0 Å². The fourth-order valence-electron chi connectivity index (χ4n) is 0.961. The zero-order valence-corrected chi connectivity index (χ0v) is 9.17. The molecule has 0 amide bonds. The van der Waals surface area contributed by atoms with Crippen LogP contribution in [0.4, 0.5) is 0 Å². The van der Waals surface area contributed by atoms with E-state index in [-0.39, 0.29) is 35.5 Å². The second-order valence-electron chi connectivity index (χ2n) is 2.57. The first-order chi connectivity index (χ1) is 4.52. The largest absolute Gasteiger partial charge is 1.00 e. The molecule has 1 fully saturated rings. The molecule has 1 aliphatic rings. The molecule has 60 valence electrons. The number of hydrogen-bond donors (Lipinski definition) is 1. The molecule has 0 radical (unpaired) electrons. The number of aliphatic hydroxyl groups excluding tert-OH is 1. The molecule has 1 unspecified atom stereocenters. The first-order valence-electron chi connectivity index (χ1n) is 3.14. The third-order valence-corrected chi connectivity index (χ3v) is 2.83. The van der Waals surface area contributed by atoms with Crippen LogP contribution >= 0.6 is 0 Å². The van der Waals surface area contributed by atoms with Gasteiger partial charge < -0.3 is 9.66 Å². The first-order valence-corrected chi connectivity index (χ1v) is 4.62. The summed E-state index contributed by atoms with van der Waals surface area (Å²) in [7, 11) is -4.46. The van der Waals surface area contributed by atoms with Crippen LogP contribution in [0.1, 0.15) is 19.3 Å². The fourth-order valence-corrected chi connectivity index (χ4v) is 1.70. The maximum absolute atomic E-state index is 10.2. The van der Waals surface area contributed by atoms with Crippen molar-refractivity contribution in [2.24, 2.45) is 5.92 Å². The van der Waals surface area contributed by atoms with Gasteiger partial charge in [-0.15, -0.1) is 0 Å². The maximum atomic E-state index is 10.2. The molecule has 0 aromatic rings. The minimum atomic E-state index is -4.46. The smallest absolute Gasteiger partial charge is 0.746 e. The van der Waals surface area contributed by atoms with Gasteiger partial charge in [0.15, 0.2) is 0 Å². The average molecular weight is 188 g/mol. The Bertz CT molecular complexity index is 209. The predicted octanol–water partition coefficient (Wildman–Crippen LogP) is -3.35. The van der Waals surface area contributed by atoms with Crippen molar-refractivity contribution in [1.82, 2.24) is 0 Å². The van der Waals surface area contributed by atoms with Crippen molar-refractivity contribution < 1.29 is 47.6 Å². The molecule has 4 nitrogen and oxygen atoms in total. The van der Waals surface area contributed by atoms with E-state index < -0.39 is 15.6 Å². The Morgan fingerprint density at radius 1 is 1.45 bits per heavy atom. The summed E-state index contributed by atoms with van der Waals surface area (Å²) in [6.45, 7) is 0. The summed E-state index contributed by atoms with van der Waals surface area (Å²) in [6, 6.07) is 0. The van der Waals surface area contributed by atoms with Crippen LogP contribution < -0.4 is 29.6 Å². The molecule has 1 N–H and O–H groups in total. The van der Waals surface area contributed by atoms with Crippen LogP contribution in [0.25, 0.3) is 0 Å². The van der Waals surface area contributed by atoms with Gasteiger partial charge in [0.2, 0.25) is 0 Å². The van der Waals surface area contributed by atoms with Crippen molar-refractivity contribution in [2.45, 2.75) is 24.7 Å². The van der Waals surface area contributed by atoms with E-state index in [9.17, 15) is 13.0 Å². The monoisotopic (exact) mass is 188 g/mol. The molecule has 0 aromatic heterocycles. The Morgan fingerprint density at radius 2 is 1.91 bits per heavy atom. The second kappa shape index (κ2) is 4.20. The Kier molecular flexibility index (Phi) is 4.54. The molecule has 0 spiro atoms. The first kappa shape index (κ1) is 11.9. The van der Waals surface area contributed by atoms with Crippen LogP contribution in [-0.4, -0.2) is 23.5 Å². The molecule has 1 atom stereocenters. The van der Waals surface area contributed by atoms with Crippen LogP contribution in [0.3, 0.4) is 0 Å². The minimum absolute atomic E-state index is 0. The quantitative estimate of drug-likeness (QED) is 0.363. The van der Waals surface area contributed by atoms with E-state index in [1.165, 1.54) is 0 Å². The van der Waals surface area contributed by atoms with Crippen LogP contribution in [0, 0.1) is 5.92 Å². The van der Waals surface area contributed by atoms with E-state index in [0.29, 0.717) is 12.8 Å². The Labute approximate surface area is 88.0 Å². The molecule has 0 heterocycles. The third kappa shape index (κ3) is 3.01. The van der Waals surface area contributed by atoms with Crippen molar-refractivity contribution >= 4 is 10.1 Å². The summed E-state index contributed by atoms with van der Waals surface area (Å²) >= 11 is 0. The molecular weight excluding hydrogens is 179 g/mol. The molecule has 1 rings (SSSR count). The van der Waals surface area contributed by atoms with Crippen molar-refractivity contribution in [2.75, 3.05) is 0 Å². The van der Waals surface area contributed by atoms with E-state index in [4.69, 9.17) is 5.11 Å². The molecule has 11 heavy (non-hydrogen) atoms. The summed E-state index contributed by atoms with van der Waals surface area (Å²) in [5, 5.41) is 8.80. The topological polar surface area (TPSA) is 77.4 Å². The SMILES string of the molecule is O=S(=O)([O-])C(O)C1CCC1.[Na+]. The maximum Gasteiger partial charge on any atom is 1.00 e. The minimum Gasteiger partial charge on any atom is -0.746 e. The van der Waals surface area contributed by atoms with E-state index in [2.05, 4.69) is 0 Å². The van der Waals surface area contributed by atoms with Gasteiger partial charge >= 0.3 is 29.6 Å². The van der Waals surface area contributed by atoms with Crippen LogP contribution in [0.2, 0.25) is 0 Å². The summed E-state index contributed by atoms with van der Waals surface area (Å²) in [6.07, 6.45) is 2.22. The van der Waals surface area contributed by atoms with E-state index >= 15 is 0 Å². The molecule has 6 heteroatoms. The van der Waals surface area contributed by atoms with Crippen molar-refractivity contribution in [3.05, 3.63) is 0 Å². The van der Waals surface area contributed by atoms with Gasteiger partial charge in [-0.2, -0.15) is 0 Å². The summed E-state index contributed by atoms with van der Waals surface area (Å²) in [4.78, 5) is 0. The Hall–Kier alpha value is 0.870. The fraction of sp³-hybridized carbons (Fsp3) is 1.00. The van der Waals surface area contributed by atoms with Crippen LogP contribution in [0.5, 0.6) is 0 Å². The Balaban J connectivity index is 0.000001000. The van der Waals surface area contributed by atoms with Gasteiger partial charge in [0.25, 0.3) is 0 Å². The molecule has 0 aromatic carbocycles. The van der Waals surface area contributed by atoms with Gasteiger partial charge in [0.05, 0.1) is 0 Å². The molecule has 1 aliphatic carbocycles. The van der Waals surface area contributed by atoms with Crippen molar-refractivity contribution in [3.63, 3.8) is 0 Å². The molecule has 0 bridgehead atoms. The zero-order chi connectivity index (χ0) is 7.78. The van der Waals surface area contributed by atoms with Crippen LogP contribution in [-0.2, 0) is 10.1 Å². The summed E-state index contributed by atoms with van der Waals surface area (Å²) in [5.41, 5.74) is -1.67. The van der Waals surface area contributed by atoms with Crippen molar-refractivity contribution in [3.8, 4) is 0 Å². The van der Waals surface area contributed by atoms with Gasteiger partial charge in [-0.1, -0.05) is 6.42 Å². The summed E-state index contributed by atoms with van der Waals surface area (Å²) in [5.74, 6) is -0.303. The number of aliphatic hydroxyl groups is 1. The normalized spacial score (nSPS) is 21.6. The van der Waals surface area contributed by atoms with E-state index in [1.54, 1.807) is 0 Å². The average Bonchev–Trinajstić information content (AvgIpc) is 1.57. The predicted molar refractivity (Wildman–Crippen MR) is 33.0 cm³/mol. The molecular formula is C5H9NaO4S. The molecule has 0 aliphatic heterocycles. The summed E-state index contributed by atoms with van der Waals surface area (Å²) < 4.78 is 30.5.